The highest BCUT2D eigenvalue weighted by molar-refractivity contribution is 6.07. The molecule has 3 aromatic rings. The predicted octanol–water partition coefficient (Wildman–Crippen LogP) is 2.15. The van der Waals surface area contributed by atoms with E-state index in [9.17, 15) is 9.59 Å². The van der Waals surface area contributed by atoms with Gasteiger partial charge in [-0.3, -0.25) is 9.59 Å². The molecule has 6 heteroatoms. The number of hydrogen-bond donors (Lipinski definition) is 2. The summed E-state index contributed by atoms with van der Waals surface area (Å²) in [4.78, 5) is 22.8. The van der Waals surface area contributed by atoms with E-state index in [1.165, 1.54) is 0 Å². The molecule has 1 aliphatic heterocycles. The number of benzene rings is 2. The van der Waals surface area contributed by atoms with Crippen molar-refractivity contribution in [3.63, 3.8) is 0 Å². The topological polar surface area (TPSA) is 80.6 Å². The number of carbonyl (C=O) groups excluding carboxylic acids is 1. The second-order valence-electron chi connectivity index (χ2n) is 6.26. The van der Waals surface area contributed by atoms with Gasteiger partial charge in [0.05, 0.1) is 13.0 Å². The van der Waals surface area contributed by atoms with Crippen molar-refractivity contribution >= 4 is 33.7 Å². The van der Waals surface area contributed by atoms with Crippen LogP contribution in [-0.2, 0) is 20.9 Å². The Morgan fingerprint density at radius 3 is 2.28 bits per heavy atom. The molecule has 128 valence electrons. The Morgan fingerprint density at radius 2 is 1.72 bits per heavy atom. The number of para-hydroxylation sites is 2. The molecule has 6 nitrogen and oxygen atoms in total. The molecule has 4 rings (SSSR count). The highest BCUT2D eigenvalue weighted by atomic mass is 16.5. The summed E-state index contributed by atoms with van der Waals surface area (Å²) >= 11 is 0. The molecule has 1 fully saturated rings. The number of ether oxygens (including phenoxy) is 1. The molecule has 1 aromatic heterocycles. The molecule has 2 aromatic carbocycles. The number of morpholine rings is 1. The van der Waals surface area contributed by atoms with Crippen molar-refractivity contribution in [2.75, 3.05) is 6.54 Å². The van der Waals surface area contributed by atoms with Crippen LogP contribution in [0.2, 0.25) is 0 Å². The lowest BCUT2D eigenvalue weighted by Crippen LogP contribution is -2.51. The van der Waals surface area contributed by atoms with Crippen LogP contribution in [0.1, 0.15) is 6.42 Å². The Balaban J connectivity index is 1.63. The van der Waals surface area contributed by atoms with Crippen LogP contribution >= 0.6 is 0 Å². The standard InChI is InChI=1S/C19H18N2O4/c22-18(23)9-15-19(24)25-12(10-20-15)11-21-16-7-3-1-5-13(16)14-6-2-4-8-17(14)21/h1-8,12,15,20H,9-11H2,(H,22,23). The van der Waals surface area contributed by atoms with Crippen LogP contribution in [-0.4, -0.2) is 40.3 Å². The average Bonchev–Trinajstić information content (AvgIpc) is 2.92. The molecule has 0 saturated carbocycles. The Labute approximate surface area is 144 Å². The van der Waals surface area contributed by atoms with E-state index in [0.717, 1.165) is 21.8 Å². The summed E-state index contributed by atoms with van der Waals surface area (Å²) in [6.45, 7) is 0.955. The summed E-state index contributed by atoms with van der Waals surface area (Å²) in [5, 5.41) is 14.2. The summed E-state index contributed by atoms with van der Waals surface area (Å²) < 4.78 is 7.64. The number of aliphatic carboxylic acids is 1. The van der Waals surface area contributed by atoms with E-state index in [-0.39, 0.29) is 12.5 Å². The smallest absolute Gasteiger partial charge is 0.324 e. The first-order valence-corrected chi connectivity index (χ1v) is 8.25. The number of esters is 1. The molecule has 1 aliphatic rings. The van der Waals surface area contributed by atoms with Gasteiger partial charge in [0.1, 0.15) is 12.1 Å². The van der Waals surface area contributed by atoms with Gasteiger partial charge < -0.3 is 19.7 Å². The maximum Gasteiger partial charge on any atom is 0.324 e. The summed E-state index contributed by atoms with van der Waals surface area (Å²) in [5.74, 6) is -1.52. The van der Waals surface area contributed by atoms with Crippen molar-refractivity contribution in [1.29, 1.82) is 0 Å². The van der Waals surface area contributed by atoms with Crippen molar-refractivity contribution in [3.8, 4) is 0 Å². The van der Waals surface area contributed by atoms with Gasteiger partial charge in [0.25, 0.3) is 0 Å². The highest BCUT2D eigenvalue weighted by Crippen LogP contribution is 2.29. The lowest BCUT2D eigenvalue weighted by Gasteiger charge is -2.29. The molecular formula is C19H18N2O4. The number of fused-ring (bicyclic) bond motifs is 3. The van der Waals surface area contributed by atoms with Gasteiger partial charge in [-0.25, -0.2) is 0 Å². The van der Waals surface area contributed by atoms with Gasteiger partial charge in [-0.15, -0.1) is 0 Å². The van der Waals surface area contributed by atoms with Crippen molar-refractivity contribution in [2.45, 2.75) is 25.1 Å². The van der Waals surface area contributed by atoms with Gasteiger partial charge >= 0.3 is 11.9 Å². The van der Waals surface area contributed by atoms with Crippen LogP contribution in [0.15, 0.2) is 48.5 Å². The fraction of sp³-hybridized carbons (Fsp3) is 0.263. The maximum atomic E-state index is 12.0. The van der Waals surface area contributed by atoms with Crippen LogP contribution in [0.25, 0.3) is 21.8 Å². The number of aromatic nitrogens is 1. The largest absolute Gasteiger partial charge is 0.481 e. The van der Waals surface area contributed by atoms with E-state index in [1.807, 2.05) is 24.3 Å². The van der Waals surface area contributed by atoms with E-state index in [0.29, 0.717) is 13.1 Å². The van der Waals surface area contributed by atoms with Gasteiger partial charge in [-0.05, 0) is 12.1 Å². The molecule has 25 heavy (non-hydrogen) atoms. The van der Waals surface area contributed by atoms with Gasteiger partial charge in [-0.1, -0.05) is 36.4 Å². The second-order valence-corrected chi connectivity index (χ2v) is 6.26. The Bertz CT molecular complexity index is 909. The molecule has 0 bridgehead atoms. The second kappa shape index (κ2) is 6.22. The number of rotatable bonds is 4. The fourth-order valence-corrected chi connectivity index (χ4v) is 3.48. The third kappa shape index (κ3) is 2.85. The van der Waals surface area contributed by atoms with Crippen LogP contribution in [0.5, 0.6) is 0 Å². The highest BCUT2D eigenvalue weighted by Gasteiger charge is 2.31. The minimum atomic E-state index is -1.02. The minimum absolute atomic E-state index is 0.263. The lowest BCUT2D eigenvalue weighted by molar-refractivity contribution is -0.160. The molecule has 2 atom stereocenters. The molecule has 2 N–H and O–H groups in total. The molecule has 0 spiro atoms. The number of carboxylic acids is 1. The normalized spacial score (nSPS) is 20.7. The van der Waals surface area contributed by atoms with Crippen molar-refractivity contribution in [2.24, 2.45) is 0 Å². The van der Waals surface area contributed by atoms with Crippen LogP contribution in [0.3, 0.4) is 0 Å². The molecule has 0 radical (unpaired) electrons. The Hall–Kier alpha value is -2.86. The zero-order valence-electron chi connectivity index (χ0n) is 13.5. The molecule has 2 heterocycles. The summed E-state index contributed by atoms with van der Waals surface area (Å²) in [6, 6.07) is 15.5. The SMILES string of the molecule is O=C(O)CC1NCC(Cn2c3ccccc3c3ccccc32)OC1=O. The van der Waals surface area contributed by atoms with E-state index in [4.69, 9.17) is 9.84 Å². The van der Waals surface area contributed by atoms with Crippen molar-refractivity contribution < 1.29 is 19.4 Å². The third-order valence-corrected chi connectivity index (χ3v) is 4.60. The van der Waals surface area contributed by atoms with Gasteiger partial charge in [0.2, 0.25) is 0 Å². The van der Waals surface area contributed by atoms with Crippen LogP contribution < -0.4 is 5.32 Å². The first kappa shape index (κ1) is 15.7. The zero-order valence-corrected chi connectivity index (χ0v) is 13.5. The maximum absolute atomic E-state index is 12.0. The fourth-order valence-electron chi connectivity index (χ4n) is 3.48. The van der Waals surface area contributed by atoms with E-state index in [1.54, 1.807) is 0 Å². The van der Waals surface area contributed by atoms with E-state index >= 15 is 0 Å². The average molecular weight is 338 g/mol. The van der Waals surface area contributed by atoms with Crippen molar-refractivity contribution in [1.82, 2.24) is 9.88 Å². The monoisotopic (exact) mass is 338 g/mol. The summed E-state index contributed by atoms with van der Waals surface area (Å²) in [7, 11) is 0. The Morgan fingerprint density at radius 1 is 1.12 bits per heavy atom. The first-order valence-electron chi connectivity index (χ1n) is 8.25. The lowest BCUT2D eigenvalue weighted by atomic mass is 10.1. The number of carboxylic acid groups (broad SMARTS) is 1. The van der Waals surface area contributed by atoms with Crippen LogP contribution in [0, 0.1) is 0 Å². The molecule has 0 amide bonds. The number of hydrogen-bond acceptors (Lipinski definition) is 4. The zero-order chi connectivity index (χ0) is 17.4. The number of nitrogens with zero attached hydrogens (tertiary/aromatic N) is 1. The predicted molar refractivity (Wildman–Crippen MR) is 93.4 cm³/mol. The number of nitrogens with one attached hydrogen (secondary N) is 1. The molecule has 1 saturated heterocycles. The first-order chi connectivity index (χ1) is 12.1. The number of carbonyl (C=O) groups is 2. The van der Waals surface area contributed by atoms with Gasteiger partial charge in [-0.2, -0.15) is 0 Å². The third-order valence-electron chi connectivity index (χ3n) is 4.60. The molecule has 0 aliphatic carbocycles. The molecule has 2 unspecified atom stereocenters. The Kier molecular flexibility index (Phi) is 3.89. The minimum Gasteiger partial charge on any atom is -0.481 e. The van der Waals surface area contributed by atoms with Gasteiger partial charge in [0.15, 0.2) is 0 Å². The van der Waals surface area contributed by atoms with E-state index < -0.39 is 18.0 Å². The van der Waals surface area contributed by atoms with Crippen molar-refractivity contribution in [3.05, 3.63) is 48.5 Å². The quantitative estimate of drug-likeness (QED) is 0.713. The van der Waals surface area contributed by atoms with Crippen LogP contribution in [0.4, 0.5) is 0 Å². The van der Waals surface area contributed by atoms with E-state index in [2.05, 4.69) is 34.1 Å². The van der Waals surface area contributed by atoms with Gasteiger partial charge in [0, 0.05) is 28.4 Å². The number of cyclic esters (lactones) is 1. The summed E-state index contributed by atoms with van der Waals surface area (Å²) in [5.41, 5.74) is 2.18. The summed E-state index contributed by atoms with van der Waals surface area (Å²) in [6.07, 6.45) is -0.599. The molecular weight excluding hydrogens is 320 g/mol.